The van der Waals surface area contributed by atoms with Crippen LogP contribution in [0, 0.1) is 13.8 Å². The molecule has 3 heteroatoms. The van der Waals surface area contributed by atoms with E-state index in [-0.39, 0.29) is 0 Å². The molecule has 0 bridgehead atoms. The van der Waals surface area contributed by atoms with Crippen LogP contribution in [0.2, 0.25) is 13.1 Å². The van der Waals surface area contributed by atoms with E-state index in [9.17, 15) is 0 Å². The van der Waals surface area contributed by atoms with Gasteiger partial charge in [0.1, 0.15) is 0 Å². The summed E-state index contributed by atoms with van der Waals surface area (Å²) in [5.74, 6) is 0. The fourth-order valence-corrected chi connectivity index (χ4v) is 12.9. The third kappa shape index (κ3) is 4.48. The van der Waals surface area contributed by atoms with Gasteiger partial charge in [-0.15, -0.1) is 0 Å². The summed E-state index contributed by atoms with van der Waals surface area (Å²) in [5.41, 5.74) is 14.4. The summed E-state index contributed by atoms with van der Waals surface area (Å²) in [6, 6.07) is 46.1. The zero-order chi connectivity index (χ0) is 31.0. The third-order valence-corrected chi connectivity index (χ3v) is 14.2. The maximum atomic E-state index is 2.64. The van der Waals surface area contributed by atoms with Crippen molar-refractivity contribution in [1.29, 1.82) is 0 Å². The SMILES string of the molecule is [Li][CH]1C(c2cc(C)cc3ccccc23)=C([Si](C)(C)C2=C(c3cc(C)cc4ccccc34)[CH]([Li])c3ccccc32)c2ccccc21. The Balaban J connectivity index is 1.51. The zero-order valence-electron chi connectivity index (χ0n) is 27.2. The van der Waals surface area contributed by atoms with Crippen LogP contribution in [-0.4, -0.2) is 43.5 Å². The molecule has 0 aliphatic heterocycles. The van der Waals surface area contributed by atoms with E-state index in [4.69, 9.17) is 0 Å². The van der Waals surface area contributed by atoms with E-state index in [1.807, 2.05) is 0 Å². The van der Waals surface area contributed by atoms with Gasteiger partial charge in [-0.3, -0.25) is 0 Å². The van der Waals surface area contributed by atoms with Crippen molar-refractivity contribution >= 4 is 86.6 Å². The monoisotopic (exact) mass is 580 g/mol. The number of benzene rings is 6. The zero-order valence-corrected chi connectivity index (χ0v) is 28.2. The van der Waals surface area contributed by atoms with Crippen LogP contribution in [0.3, 0.4) is 0 Å². The average Bonchev–Trinajstić information content (AvgIpc) is 3.52. The van der Waals surface area contributed by atoms with Crippen molar-refractivity contribution in [1.82, 2.24) is 0 Å². The van der Waals surface area contributed by atoms with Crippen LogP contribution in [0.4, 0.5) is 0 Å². The quantitative estimate of drug-likeness (QED) is 0.182. The third-order valence-electron chi connectivity index (χ3n) is 10.6. The Morgan fingerprint density at radius 3 is 1.29 bits per heavy atom. The molecule has 0 N–H and O–H groups in total. The molecule has 0 spiro atoms. The summed E-state index contributed by atoms with van der Waals surface area (Å²) in [4.78, 5) is 0. The van der Waals surface area contributed by atoms with Gasteiger partial charge in [0, 0.05) is 0 Å². The number of rotatable bonds is 4. The first-order valence-corrected chi connectivity index (χ1v) is 19.4. The first-order chi connectivity index (χ1) is 21.8. The van der Waals surface area contributed by atoms with Crippen molar-refractivity contribution in [3.8, 4) is 0 Å². The number of aryl methyl sites for hydroxylation is 2. The number of hydrogen-bond acceptors (Lipinski definition) is 0. The number of fused-ring (bicyclic) bond motifs is 4. The summed E-state index contributed by atoms with van der Waals surface area (Å²) in [6.07, 6.45) is 0. The second-order valence-electron chi connectivity index (χ2n) is 13.9. The van der Waals surface area contributed by atoms with Crippen molar-refractivity contribution in [3.63, 3.8) is 0 Å². The Morgan fingerprint density at radius 2 is 0.844 bits per heavy atom. The van der Waals surface area contributed by atoms with Crippen LogP contribution in [0.25, 0.3) is 43.1 Å². The van der Waals surface area contributed by atoms with Gasteiger partial charge in [0.25, 0.3) is 0 Å². The summed E-state index contributed by atoms with van der Waals surface area (Å²) >= 11 is 4.88. The standard InChI is InChI=1S/C42H34Si.2Li/c1-27-21-29-13-5-9-17-33(29)37(23-27)39-25-31-15-7-11-19-35(31)41(39)43(3,4)42-36-20-12-8-16-32(36)26-40(42)38-24-28(2)22-30-14-6-10-18-34(30)38;;/h5-26H,1-4H3;;. The predicted molar refractivity (Wildman–Crippen MR) is 198 cm³/mol. The molecule has 2 atom stereocenters. The Kier molecular flexibility index (Phi) is 7.08. The molecule has 0 amide bonds. The van der Waals surface area contributed by atoms with E-state index in [1.165, 1.54) is 77.2 Å². The minimum absolute atomic E-state index is 0.325. The second kappa shape index (κ2) is 10.9. The number of allylic oxidation sites excluding steroid dienone is 2. The summed E-state index contributed by atoms with van der Waals surface area (Å²) in [7, 11) is -2.37. The normalized spacial score (nSPS) is 17.9. The van der Waals surface area contributed by atoms with Crippen LogP contribution < -0.4 is 0 Å². The van der Waals surface area contributed by atoms with Crippen LogP contribution in [-0.2, 0) is 0 Å². The molecular formula is C42H34Li2Si. The minimum atomic E-state index is -2.37. The van der Waals surface area contributed by atoms with Gasteiger partial charge in [0.2, 0.25) is 0 Å². The van der Waals surface area contributed by atoms with Gasteiger partial charge in [-0.05, 0) is 0 Å². The summed E-state index contributed by atoms with van der Waals surface area (Å²) in [6.45, 7) is 9.78. The van der Waals surface area contributed by atoms with Crippen molar-refractivity contribution < 1.29 is 0 Å². The van der Waals surface area contributed by atoms with Crippen molar-refractivity contribution in [2.75, 3.05) is 0 Å². The average molecular weight is 581 g/mol. The molecule has 2 aliphatic rings. The van der Waals surface area contributed by atoms with Gasteiger partial charge in [0.15, 0.2) is 0 Å². The Hall–Kier alpha value is -3.27. The molecule has 0 radical (unpaired) electrons. The topological polar surface area (TPSA) is 0 Å². The van der Waals surface area contributed by atoms with Gasteiger partial charge in [-0.25, -0.2) is 0 Å². The Bertz CT molecular complexity index is 2090. The fourth-order valence-electron chi connectivity index (χ4n) is 8.81. The molecule has 0 aromatic heterocycles. The molecule has 2 unspecified atom stereocenters. The molecule has 6 aromatic rings. The van der Waals surface area contributed by atoms with E-state index < -0.39 is 8.07 Å². The molecule has 0 saturated carbocycles. The molecule has 0 nitrogen and oxygen atoms in total. The number of hydrogen-bond donors (Lipinski definition) is 0. The molecule has 8 rings (SSSR count). The fraction of sp³-hybridized carbons (Fsp3) is 0.143. The van der Waals surface area contributed by atoms with Crippen LogP contribution in [0.1, 0.15) is 53.7 Å². The Labute approximate surface area is 286 Å². The molecule has 0 heterocycles. The van der Waals surface area contributed by atoms with Gasteiger partial charge < -0.3 is 0 Å². The first kappa shape index (κ1) is 29.2. The Morgan fingerprint density at radius 1 is 0.467 bits per heavy atom. The van der Waals surface area contributed by atoms with Crippen LogP contribution in [0.5, 0.6) is 0 Å². The van der Waals surface area contributed by atoms with E-state index in [2.05, 4.69) is 184 Å². The van der Waals surface area contributed by atoms with E-state index >= 15 is 0 Å². The molecule has 208 valence electrons. The first-order valence-electron chi connectivity index (χ1n) is 16.4. The van der Waals surface area contributed by atoms with Gasteiger partial charge >= 0.3 is 289 Å². The molecule has 0 saturated heterocycles. The van der Waals surface area contributed by atoms with E-state index in [1.54, 1.807) is 10.4 Å². The molecule has 2 aliphatic carbocycles. The molecule has 45 heavy (non-hydrogen) atoms. The van der Waals surface area contributed by atoms with E-state index in [0.717, 1.165) is 0 Å². The van der Waals surface area contributed by atoms with Crippen LogP contribution in [0.15, 0.2) is 121 Å². The summed E-state index contributed by atoms with van der Waals surface area (Å²) in [5, 5.41) is 8.59. The predicted octanol–water partition coefficient (Wildman–Crippen LogP) is 10.4. The molecular weight excluding hydrogens is 546 g/mol. The molecule has 6 aromatic carbocycles. The second-order valence-corrected chi connectivity index (χ2v) is 18.1. The van der Waals surface area contributed by atoms with Crippen LogP contribution >= 0.6 is 0 Å². The van der Waals surface area contributed by atoms with Gasteiger partial charge in [-0.1, -0.05) is 0 Å². The van der Waals surface area contributed by atoms with Gasteiger partial charge in [-0.2, -0.15) is 0 Å². The summed E-state index contributed by atoms with van der Waals surface area (Å²) < 4.78 is 0.650. The van der Waals surface area contributed by atoms with E-state index in [0.29, 0.717) is 9.18 Å². The van der Waals surface area contributed by atoms with Gasteiger partial charge in [0.05, 0.1) is 0 Å². The van der Waals surface area contributed by atoms with Crippen molar-refractivity contribution in [2.45, 2.75) is 36.1 Å². The van der Waals surface area contributed by atoms with Crippen molar-refractivity contribution in [3.05, 3.63) is 166 Å². The maximum absolute atomic E-state index is 2.64. The molecule has 0 fully saturated rings. The van der Waals surface area contributed by atoms with Crippen molar-refractivity contribution in [2.24, 2.45) is 0 Å².